The summed E-state index contributed by atoms with van der Waals surface area (Å²) in [5.74, 6) is 0.142. The number of carbonyl (C=O) groups is 2. The maximum Gasteiger partial charge on any atom is 0.257 e. The molecule has 0 spiro atoms. The normalized spacial score (nSPS) is 16.0. The van der Waals surface area contributed by atoms with Crippen molar-refractivity contribution in [2.45, 2.75) is 51.1 Å². The lowest BCUT2D eigenvalue weighted by atomic mass is 10.0. The van der Waals surface area contributed by atoms with Crippen molar-refractivity contribution in [1.29, 1.82) is 0 Å². The van der Waals surface area contributed by atoms with Gasteiger partial charge in [-0.15, -0.1) is 0 Å². The van der Waals surface area contributed by atoms with Crippen LogP contribution >= 0.6 is 0 Å². The first-order valence-corrected chi connectivity index (χ1v) is 8.37. The Morgan fingerprint density at radius 2 is 2.09 bits per heavy atom. The van der Waals surface area contributed by atoms with Crippen molar-refractivity contribution in [2.75, 3.05) is 6.54 Å². The van der Waals surface area contributed by atoms with Crippen LogP contribution in [0.5, 0.6) is 0 Å². The third kappa shape index (κ3) is 6.36. The van der Waals surface area contributed by atoms with Gasteiger partial charge in [-0.2, -0.15) is 0 Å². The summed E-state index contributed by atoms with van der Waals surface area (Å²) < 4.78 is 0. The van der Waals surface area contributed by atoms with Gasteiger partial charge in [0.25, 0.3) is 5.91 Å². The molecule has 0 bridgehead atoms. The van der Waals surface area contributed by atoms with Gasteiger partial charge in [0, 0.05) is 31.3 Å². The Balaban J connectivity index is 1.60. The second kappa shape index (κ2) is 9.25. The first-order chi connectivity index (χ1) is 11.1. The number of amides is 2. The summed E-state index contributed by atoms with van der Waals surface area (Å²) in [4.78, 5) is 27.9. The van der Waals surface area contributed by atoms with Crippen molar-refractivity contribution in [1.82, 2.24) is 15.6 Å². The van der Waals surface area contributed by atoms with Crippen molar-refractivity contribution in [3.63, 3.8) is 0 Å². The van der Waals surface area contributed by atoms with E-state index in [1.807, 2.05) is 18.2 Å². The zero-order valence-corrected chi connectivity index (χ0v) is 13.5. The topological polar surface area (TPSA) is 97.1 Å². The van der Waals surface area contributed by atoms with E-state index in [0.29, 0.717) is 25.3 Å². The third-order valence-corrected chi connectivity index (χ3v) is 4.26. The van der Waals surface area contributed by atoms with E-state index in [1.165, 1.54) is 25.7 Å². The van der Waals surface area contributed by atoms with E-state index in [1.54, 1.807) is 6.20 Å². The lowest BCUT2D eigenvalue weighted by molar-refractivity contribution is -0.129. The Morgan fingerprint density at radius 3 is 2.78 bits per heavy atom. The van der Waals surface area contributed by atoms with Crippen molar-refractivity contribution in [3.8, 4) is 0 Å². The van der Waals surface area contributed by atoms with Crippen LogP contribution in [-0.2, 0) is 16.0 Å². The van der Waals surface area contributed by atoms with Crippen molar-refractivity contribution >= 4 is 11.8 Å². The van der Waals surface area contributed by atoms with Crippen LogP contribution in [0.3, 0.4) is 0 Å². The predicted molar refractivity (Wildman–Crippen MR) is 88.3 cm³/mol. The molecule has 2 amide bonds. The summed E-state index contributed by atoms with van der Waals surface area (Å²) in [5, 5.41) is 5.28. The number of pyridine rings is 1. The molecule has 126 valence electrons. The molecule has 0 radical (unpaired) electrons. The van der Waals surface area contributed by atoms with Crippen molar-refractivity contribution in [3.05, 3.63) is 30.1 Å². The summed E-state index contributed by atoms with van der Waals surface area (Å²) in [6, 6.07) is 5.65. The van der Waals surface area contributed by atoms with E-state index in [2.05, 4.69) is 15.6 Å². The van der Waals surface area contributed by atoms with Gasteiger partial charge in [-0.3, -0.25) is 14.6 Å². The van der Waals surface area contributed by atoms with E-state index in [9.17, 15) is 9.59 Å². The molecule has 23 heavy (non-hydrogen) atoms. The summed E-state index contributed by atoms with van der Waals surface area (Å²) >= 11 is 0. The molecular formula is C17H26N4O2. The van der Waals surface area contributed by atoms with Crippen LogP contribution in [0.2, 0.25) is 0 Å². The van der Waals surface area contributed by atoms with Crippen LogP contribution in [0.15, 0.2) is 24.4 Å². The second-order valence-corrected chi connectivity index (χ2v) is 6.10. The summed E-state index contributed by atoms with van der Waals surface area (Å²) in [5.41, 5.74) is 6.63. The minimum atomic E-state index is -0.991. The molecular weight excluding hydrogens is 292 g/mol. The first-order valence-electron chi connectivity index (χ1n) is 8.37. The fourth-order valence-corrected chi connectivity index (χ4v) is 2.92. The summed E-state index contributed by atoms with van der Waals surface area (Å²) in [7, 11) is 0. The zero-order chi connectivity index (χ0) is 16.5. The van der Waals surface area contributed by atoms with Crippen LogP contribution in [-0.4, -0.2) is 29.5 Å². The third-order valence-electron chi connectivity index (χ3n) is 4.26. The van der Waals surface area contributed by atoms with E-state index in [0.717, 1.165) is 12.1 Å². The van der Waals surface area contributed by atoms with Gasteiger partial charge >= 0.3 is 0 Å². The lowest BCUT2D eigenvalue weighted by Gasteiger charge is -2.15. The molecule has 0 saturated heterocycles. The number of aromatic nitrogens is 1. The number of hydrogen-bond acceptors (Lipinski definition) is 4. The van der Waals surface area contributed by atoms with Gasteiger partial charge < -0.3 is 16.4 Å². The Hall–Kier alpha value is -1.95. The molecule has 0 aliphatic heterocycles. The second-order valence-electron chi connectivity index (χ2n) is 6.10. The minimum Gasteiger partial charge on any atom is -0.353 e. The Kier molecular flexibility index (Phi) is 7.00. The summed E-state index contributed by atoms with van der Waals surface area (Å²) in [6.07, 6.45) is 7.66. The van der Waals surface area contributed by atoms with Gasteiger partial charge in [0.2, 0.25) is 5.91 Å². The van der Waals surface area contributed by atoms with E-state index in [4.69, 9.17) is 5.73 Å². The molecule has 1 fully saturated rings. The predicted octanol–water partition coefficient (Wildman–Crippen LogP) is 1.11. The number of nitrogens with zero attached hydrogens (tertiary/aromatic N) is 1. The molecule has 0 aromatic carbocycles. The largest absolute Gasteiger partial charge is 0.353 e. The molecule has 1 aromatic heterocycles. The smallest absolute Gasteiger partial charge is 0.257 e. The molecule has 1 unspecified atom stereocenters. The molecule has 1 saturated carbocycles. The highest BCUT2D eigenvalue weighted by atomic mass is 16.2. The maximum atomic E-state index is 11.9. The molecule has 1 aliphatic carbocycles. The number of hydrogen-bond donors (Lipinski definition) is 3. The molecule has 1 atom stereocenters. The molecule has 1 aromatic rings. The number of rotatable bonds is 8. The molecule has 6 nitrogen and oxygen atoms in total. The molecule has 4 N–H and O–H groups in total. The van der Waals surface area contributed by atoms with Crippen molar-refractivity contribution < 1.29 is 9.59 Å². The van der Waals surface area contributed by atoms with Gasteiger partial charge in [-0.05, 0) is 24.5 Å². The van der Waals surface area contributed by atoms with Gasteiger partial charge in [0.1, 0.15) is 0 Å². The number of nitrogens with one attached hydrogen (secondary N) is 2. The standard InChI is InChI=1S/C17H26N4O2/c18-16(21-15(22)9-8-13-5-1-2-6-13)17(23)20-12-10-14-7-3-4-11-19-14/h3-4,7,11,13,16H,1-2,5-6,8-10,12,18H2,(H,20,23)(H,21,22). The Bertz CT molecular complexity index is 501. The van der Waals surface area contributed by atoms with E-state index >= 15 is 0 Å². The SMILES string of the molecule is NC(NC(=O)CCC1CCCC1)C(=O)NCCc1ccccn1. The Labute approximate surface area is 137 Å². The van der Waals surface area contributed by atoms with Crippen LogP contribution in [0, 0.1) is 5.92 Å². The number of carbonyl (C=O) groups excluding carboxylic acids is 2. The minimum absolute atomic E-state index is 0.149. The van der Waals surface area contributed by atoms with E-state index in [-0.39, 0.29) is 11.8 Å². The average Bonchev–Trinajstić information content (AvgIpc) is 3.07. The molecule has 1 heterocycles. The Morgan fingerprint density at radius 1 is 1.30 bits per heavy atom. The maximum absolute atomic E-state index is 11.9. The van der Waals surface area contributed by atoms with Gasteiger partial charge in [-0.1, -0.05) is 31.7 Å². The zero-order valence-electron chi connectivity index (χ0n) is 13.5. The lowest BCUT2D eigenvalue weighted by Crippen LogP contribution is -2.52. The fraction of sp³-hybridized carbons (Fsp3) is 0.588. The number of nitrogens with two attached hydrogens (primary N) is 1. The molecule has 6 heteroatoms. The highest BCUT2D eigenvalue weighted by Gasteiger charge is 2.19. The van der Waals surface area contributed by atoms with Crippen molar-refractivity contribution in [2.24, 2.45) is 11.7 Å². The molecule has 1 aliphatic rings. The van der Waals surface area contributed by atoms with Crippen LogP contribution in [0.1, 0.15) is 44.2 Å². The van der Waals surface area contributed by atoms with Crippen LogP contribution in [0.25, 0.3) is 0 Å². The van der Waals surface area contributed by atoms with Gasteiger partial charge in [0.15, 0.2) is 6.17 Å². The highest BCUT2D eigenvalue weighted by Crippen LogP contribution is 2.28. The first kappa shape index (κ1) is 17.4. The summed E-state index contributed by atoms with van der Waals surface area (Å²) in [6.45, 7) is 0.446. The monoisotopic (exact) mass is 318 g/mol. The fourth-order valence-electron chi connectivity index (χ4n) is 2.92. The van der Waals surface area contributed by atoms with Gasteiger partial charge in [-0.25, -0.2) is 0 Å². The molecule has 2 rings (SSSR count). The van der Waals surface area contributed by atoms with E-state index < -0.39 is 6.17 Å². The van der Waals surface area contributed by atoms with Gasteiger partial charge in [0.05, 0.1) is 0 Å². The highest BCUT2D eigenvalue weighted by molar-refractivity contribution is 5.86. The van der Waals surface area contributed by atoms with Crippen LogP contribution in [0.4, 0.5) is 0 Å². The quantitative estimate of drug-likeness (QED) is 0.626. The van der Waals surface area contributed by atoms with Crippen LogP contribution < -0.4 is 16.4 Å². The average molecular weight is 318 g/mol.